The van der Waals surface area contributed by atoms with Crippen molar-refractivity contribution in [1.29, 1.82) is 0 Å². The second-order valence-electron chi connectivity index (χ2n) is 8.41. The van der Waals surface area contributed by atoms with Gasteiger partial charge < -0.3 is 9.84 Å². The molecule has 2 rings (SSSR count). The number of aryl methyl sites for hydroxylation is 1. The van der Waals surface area contributed by atoms with Crippen LogP contribution in [-0.2, 0) is 16.5 Å². The van der Waals surface area contributed by atoms with Gasteiger partial charge in [-0.25, -0.2) is 0 Å². The summed E-state index contributed by atoms with van der Waals surface area (Å²) in [5.74, 6) is -0.434. The maximum Gasteiger partial charge on any atom is 1.00 e. The molecule has 2 aromatic rings. The zero-order valence-corrected chi connectivity index (χ0v) is 23.0. The Kier molecular flexibility index (Phi) is 15.0. The number of hydrogen-bond donors (Lipinski definition) is 1. The molecular weight excluding hydrogens is 447 g/mol. The molecular formula is C26H37NaO5S. The maximum atomic E-state index is 12.7. The fourth-order valence-corrected chi connectivity index (χ4v) is 4.61. The average Bonchev–Trinajstić information content (AvgIpc) is 2.75. The van der Waals surface area contributed by atoms with Crippen molar-refractivity contribution in [3.8, 4) is 17.2 Å². The van der Waals surface area contributed by atoms with Crippen LogP contribution < -0.4 is 39.4 Å². The first-order chi connectivity index (χ1) is 15.4. The third kappa shape index (κ3) is 11.3. The summed E-state index contributed by atoms with van der Waals surface area (Å²) in [6.07, 6.45) is 15.2. The van der Waals surface area contributed by atoms with Crippen molar-refractivity contribution in [2.24, 2.45) is 0 Å². The van der Waals surface area contributed by atoms with Crippen molar-refractivity contribution < 1.29 is 52.4 Å². The quantitative estimate of drug-likeness (QED) is 0.221. The molecule has 5 nitrogen and oxygen atoms in total. The Balaban J connectivity index is 0.00000544. The maximum absolute atomic E-state index is 12.7. The number of benzene rings is 2. The Bertz CT molecular complexity index is 900. The van der Waals surface area contributed by atoms with E-state index in [9.17, 15) is 18.1 Å². The van der Waals surface area contributed by atoms with E-state index < -0.39 is 20.8 Å². The van der Waals surface area contributed by atoms with Crippen LogP contribution in [0.3, 0.4) is 0 Å². The average molecular weight is 485 g/mol. The normalized spacial score (nSPS) is 11.2. The summed E-state index contributed by atoms with van der Waals surface area (Å²) in [6.45, 7) is 2.24. The molecule has 0 aliphatic carbocycles. The smallest absolute Gasteiger partial charge is 0.871 e. The molecule has 0 unspecified atom stereocenters. The molecule has 1 N–H and O–H groups in total. The van der Waals surface area contributed by atoms with Crippen LogP contribution in [0, 0.1) is 0 Å². The van der Waals surface area contributed by atoms with Crippen LogP contribution in [0.4, 0.5) is 0 Å². The zero-order valence-electron chi connectivity index (χ0n) is 20.2. The monoisotopic (exact) mass is 484 g/mol. The van der Waals surface area contributed by atoms with Gasteiger partial charge in [-0.15, -0.1) is 0 Å². The Morgan fingerprint density at radius 1 is 0.788 bits per heavy atom. The largest absolute Gasteiger partial charge is 1.00 e. The first kappa shape index (κ1) is 30.0. The van der Waals surface area contributed by atoms with Gasteiger partial charge in [-0.3, -0.25) is 4.55 Å². The summed E-state index contributed by atoms with van der Waals surface area (Å²) in [7, 11) is -4.70. The van der Waals surface area contributed by atoms with Crippen molar-refractivity contribution in [2.45, 2.75) is 95.3 Å². The summed E-state index contributed by atoms with van der Waals surface area (Å²) in [4.78, 5) is -0.683. The Hall–Kier alpha value is -1.05. The molecule has 0 saturated carbocycles. The summed E-state index contributed by atoms with van der Waals surface area (Å²) in [5.41, 5.74) is 0.394. The van der Waals surface area contributed by atoms with Crippen LogP contribution in [0.25, 0.3) is 0 Å². The van der Waals surface area contributed by atoms with Crippen LogP contribution in [0.1, 0.15) is 89.5 Å². The van der Waals surface area contributed by atoms with E-state index >= 15 is 0 Å². The van der Waals surface area contributed by atoms with Gasteiger partial charge in [-0.05, 0) is 31.0 Å². The first-order valence-electron chi connectivity index (χ1n) is 12.0. The van der Waals surface area contributed by atoms with Crippen LogP contribution in [0.5, 0.6) is 17.2 Å². The fraction of sp³-hybridized carbons (Fsp3) is 0.538. The van der Waals surface area contributed by atoms with E-state index in [0.717, 1.165) is 19.3 Å². The van der Waals surface area contributed by atoms with E-state index in [1.165, 1.54) is 63.9 Å². The van der Waals surface area contributed by atoms with E-state index in [4.69, 9.17) is 4.74 Å². The van der Waals surface area contributed by atoms with Gasteiger partial charge in [-0.1, -0.05) is 113 Å². The van der Waals surface area contributed by atoms with E-state index in [1.807, 2.05) is 0 Å². The molecule has 0 saturated heterocycles. The summed E-state index contributed by atoms with van der Waals surface area (Å²) in [5, 5.41) is 12.7. The minimum absolute atomic E-state index is 0. The van der Waals surface area contributed by atoms with E-state index in [2.05, 4.69) is 6.92 Å². The Labute approximate surface area is 222 Å². The number of unbranched alkanes of at least 4 members (excludes halogenated alkanes) is 11. The second kappa shape index (κ2) is 16.6. The second-order valence-corrected chi connectivity index (χ2v) is 9.77. The van der Waals surface area contributed by atoms with E-state index in [-0.39, 0.29) is 35.3 Å². The van der Waals surface area contributed by atoms with Gasteiger partial charge in [0.25, 0.3) is 10.1 Å². The molecule has 7 heteroatoms. The Morgan fingerprint density at radius 2 is 1.30 bits per heavy atom. The van der Waals surface area contributed by atoms with Crippen LogP contribution in [-0.4, -0.2) is 13.0 Å². The molecule has 0 aromatic heterocycles. The molecule has 0 spiro atoms. The summed E-state index contributed by atoms with van der Waals surface area (Å²) in [6, 6.07) is 11.6. The number of hydrogen-bond acceptors (Lipinski definition) is 4. The van der Waals surface area contributed by atoms with Crippen molar-refractivity contribution >= 4 is 10.1 Å². The molecule has 0 aliphatic rings. The fourth-order valence-electron chi connectivity index (χ4n) is 3.88. The van der Waals surface area contributed by atoms with Gasteiger partial charge in [0.2, 0.25) is 0 Å². The van der Waals surface area contributed by atoms with Gasteiger partial charge in [0.1, 0.15) is 16.4 Å². The molecule has 0 radical (unpaired) electrons. The molecule has 0 fully saturated rings. The molecule has 178 valence electrons. The summed E-state index contributed by atoms with van der Waals surface area (Å²) >= 11 is 0. The minimum atomic E-state index is -4.70. The van der Waals surface area contributed by atoms with Gasteiger partial charge in [0.15, 0.2) is 0 Å². The molecule has 0 aliphatic heterocycles. The number of rotatable bonds is 16. The molecule has 0 amide bonds. The van der Waals surface area contributed by atoms with Crippen molar-refractivity contribution in [2.75, 3.05) is 0 Å². The van der Waals surface area contributed by atoms with Crippen molar-refractivity contribution in [3.05, 3.63) is 48.0 Å². The molecule has 0 heterocycles. The van der Waals surface area contributed by atoms with E-state index in [0.29, 0.717) is 17.7 Å². The van der Waals surface area contributed by atoms with E-state index in [1.54, 1.807) is 36.4 Å². The molecule has 33 heavy (non-hydrogen) atoms. The standard InChI is InChI=1S/C26H38O5S.Na/c1-2-3-4-5-6-7-8-9-10-11-12-14-17-22-20-21-24(26(25(22)27)32(28,29)30)31-23-18-15-13-16-19-23;/h13,15-16,18-21,27H,2-12,14,17H2,1H3,(H,28,29,30);/q;+1/p-1. The minimum Gasteiger partial charge on any atom is -0.871 e. The molecule has 0 atom stereocenters. The van der Waals surface area contributed by atoms with Crippen molar-refractivity contribution in [1.82, 2.24) is 0 Å². The third-order valence-electron chi connectivity index (χ3n) is 5.69. The Morgan fingerprint density at radius 3 is 1.82 bits per heavy atom. The van der Waals surface area contributed by atoms with Crippen LogP contribution in [0.2, 0.25) is 0 Å². The molecule has 2 aromatic carbocycles. The predicted molar refractivity (Wildman–Crippen MR) is 127 cm³/mol. The predicted octanol–water partition coefficient (Wildman–Crippen LogP) is 4.05. The van der Waals surface area contributed by atoms with Gasteiger partial charge >= 0.3 is 29.6 Å². The number of para-hydroxylation sites is 1. The van der Waals surface area contributed by atoms with Gasteiger partial charge in [0, 0.05) is 0 Å². The van der Waals surface area contributed by atoms with Gasteiger partial charge in [0.05, 0.1) is 0 Å². The SMILES string of the molecule is CCCCCCCCCCCCCCc1ccc(Oc2ccccc2)c(S(=O)(=O)O)c1[O-].[Na+]. The van der Waals surface area contributed by atoms with Crippen molar-refractivity contribution in [3.63, 3.8) is 0 Å². The third-order valence-corrected chi connectivity index (χ3v) is 6.59. The summed E-state index contributed by atoms with van der Waals surface area (Å²) < 4.78 is 38.9. The topological polar surface area (TPSA) is 86.7 Å². The molecule has 0 bridgehead atoms. The van der Waals surface area contributed by atoms with Gasteiger partial charge in [-0.2, -0.15) is 8.42 Å². The first-order valence-corrected chi connectivity index (χ1v) is 13.4. The zero-order chi connectivity index (χ0) is 23.2. The van der Waals surface area contributed by atoms with Crippen LogP contribution in [0.15, 0.2) is 47.4 Å². The van der Waals surface area contributed by atoms with Crippen LogP contribution >= 0.6 is 0 Å². The number of ether oxygens (including phenoxy) is 1.